The quantitative estimate of drug-likeness (QED) is 0.339. The molecule has 3 aromatic rings. The van der Waals surface area contributed by atoms with E-state index in [1.54, 1.807) is 31.2 Å². The van der Waals surface area contributed by atoms with Gasteiger partial charge in [0.15, 0.2) is 11.6 Å². The summed E-state index contributed by atoms with van der Waals surface area (Å²) in [5.74, 6) is -1.61. The Morgan fingerprint density at radius 2 is 1.97 bits per heavy atom. The van der Waals surface area contributed by atoms with Crippen molar-refractivity contribution in [2.45, 2.75) is 39.8 Å². The first-order valence-corrected chi connectivity index (χ1v) is 9.73. The second-order valence-electron chi connectivity index (χ2n) is 7.12. The summed E-state index contributed by atoms with van der Waals surface area (Å²) < 4.78 is 33.7. The summed E-state index contributed by atoms with van der Waals surface area (Å²) in [6.45, 7) is 6.46. The number of ether oxygens (including phenoxy) is 1. The van der Waals surface area contributed by atoms with Crippen molar-refractivity contribution in [3.63, 3.8) is 0 Å². The van der Waals surface area contributed by atoms with E-state index in [1.165, 1.54) is 10.6 Å². The van der Waals surface area contributed by atoms with Crippen LogP contribution in [0.4, 0.5) is 14.7 Å². The van der Waals surface area contributed by atoms with Crippen LogP contribution in [0.2, 0.25) is 0 Å². The number of aromatic nitrogens is 2. The maximum Gasteiger partial charge on any atom is 0.262 e. The molecule has 0 aliphatic heterocycles. The molecule has 0 spiro atoms. The fourth-order valence-electron chi connectivity index (χ4n) is 2.92. The second-order valence-corrected chi connectivity index (χ2v) is 7.12. The lowest BCUT2D eigenvalue weighted by molar-refractivity contribution is 0.0748. The van der Waals surface area contributed by atoms with Crippen molar-refractivity contribution in [2.24, 2.45) is 5.10 Å². The maximum atomic E-state index is 13.5. The fourth-order valence-corrected chi connectivity index (χ4v) is 2.92. The number of halogens is 2. The van der Waals surface area contributed by atoms with E-state index in [-0.39, 0.29) is 17.6 Å². The van der Waals surface area contributed by atoms with Crippen LogP contribution in [0.5, 0.6) is 0 Å². The Morgan fingerprint density at radius 1 is 1.20 bits per heavy atom. The Labute approximate surface area is 173 Å². The number of hydrazone groups is 1. The van der Waals surface area contributed by atoms with E-state index in [0.29, 0.717) is 41.8 Å². The molecule has 6 nitrogen and oxygen atoms in total. The highest BCUT2D eigenvalue weighted by Crippen LogP contribution is 2.13. The van der Waals surface area contributed by atoms with Gasteiger partial charge in [-0.05, 0) is 57.5 Å². The van der Waals surface area contributed by atoms with E-state index in [4.69, 9.17) is 4.74 Å². The van der Waals surface area contributed by atoms with Crippen molar-refractivity contribution >= 4 is 22.6 Å². The minimum Gasteiger partial charge on any atom is -0.379 e. The lowest BCUT2D eigenvalue weighted by Crippen LogP contribution is -2.25. The highest BCUT2D eigenvalue weighted by molar-refractivity contribution is 5.99. The highest BCUT2D eigenvalue weighted by atomic mass is 19.2. The predicted octanol–water partition coefficient (Wildman–Crippen LogP) is 4.33. The molecule has 0 amide bonds. The number of benzene rings is 2. The molecule has 1 aromatic heterocycles. The van der Waals surface area contributed by atoms with Crippen LogP contribution in [0.15, 0.2) is 52.4 Å². The molecule has 0 atom stereocenters. The first kappa shape index (κ1) is 21.6. The van der Waals surface area contributed by atoms with Gasteiger partial charge in [-0.25, -0.2) is 19.2 Å². The number of fused-ring (bicyclic) bond motifs is 1. The third kappa shape index (κ3) is 5.07. The summed E-state index contributed by atoms with van der Waals surface area (Å²) in [5.41, 5.74) is 4.01. The van der Waals surface area contributed by atoms with Gasteiger partial charge in [-0.2, -0.15) is 5.10 Å². The van der Waals surface area contributed by atoms with Crippen molar-refractivity contribution in [1.82, 2.24) is 9.55 Å². The molecular formula is C22H24F2N4O2. The van der Waals surface area contributed by atoms with E-state index in [0.717, 1.165) is 12.1 Å². The molecule has 1 N–H and O–H groups in total. The van der Waals surface area contributed by atoms with Gasteiger partial charge in [-0.1, -0.05) is 12.1 Å². The summed E-state index contributed by atoms with van der Waals surface area (Å²) in [6.07, 6.45) is 0.732. The van der Waals surface area contributed by atoms with Gasteiger partial charge in [-0.15, -0.1) is 0 Å². The van der Waals surface area contributed by atoms with Crippen LogP contribution in [0, 0.1) is 11.6 Å². The normalized spacial score (nSPS) is 12.0. The molecule has 0 saturated carbocycles. The van der Waals surface area contributed by atoms with Gasteiger partial charge in [-0.3, -0.25) is 9.36 Å². The molecule has 0 aliphatic rings. The van der Waals surface area contributed by atoms with Crippen LogP contribution in [0.1, 0.15) is 32.8 Å². The zero-order chi connectivity index (χ0) is 21.7. The Hall–Kier alpha value is -3.13. The molecular weight excluding hydrogens is 390 g/mol. The van der Waals surface area contributed by atoms with Crippen LogP contribution < -0.4 is 11.0 Å². The molecule has 0 fully saturated rings. The van der Waals surface area contributed by atoms with E-state index in [2.05, 4.69) is 15.5 Å². The fraction of sp³-hybridized carbons (Fsp3) is 0.318. The Morgan fingerprint density at radius 3 is 2.70 bits per heavy atom. The van der Waals surface area contributed by atoms with E-state index >= 15 is 0 Å². The van der Waals surface area contributed by atoms with Gasteiger partial charge in [0.2, 0.25) is 5.95 Å². The second kappa shape index (κ2) is 9.58. The molecule has 2 aromatic carbocycles. The number of nitrogens with one attached hydrogen (secondary N) is 1. The van der Waals surface area contributed by atoms with Crippen LogP contribution in [-0.4, -0.2) is 28.0 Å². The van der Waals surface area contributed by atoms with Crippen molar-refractivity contribution in [3.8, 4) is 0 Å². The van der Waals surface area contributed by atoms with E-state index in [1.807, 2.05) is 13.8 Å². The molecule has 158 valence electrons. The van der Waals surface area contributed by atoms with Gasteiger partial charge in [0.1, 0.15) is 0 Å². The average molecular weight is 414 g/mol. The molecule has 3 rings (SSSR count). The van der Waals surface area contributed by atoms with Crippen molar-refractivity contribution in [3.05, 3.63) is 70.0 Å². The number of hydrogen-bond donors (Lipinski definition) is 1. The van der Waals surface area contributed by atoms with Gasteiger partial charge < -0.3 is 4.74 Å². The summed E-state index contributed by atoms with van der Waals surface area (Å²) in [5, 5.41) is 4.73. The monoisotopic (exact) mass is 414 g/mol. The Balaban J connectivity index is 1.91. The molecule has 0 radical (unpaired) electrons. The van der Waals surface area contributed by atoms with Gasteiger partial charge in [0.25, 0.3) is 5.56 Å². The lowest BCUT2D eigenvalue weighted by atomic mass is 10.1. The first-order chi connectivity index (χ1) is 14.4. The number of para-hydroxylation sites is 1. The summed E-state index contributed by atoms with van der Waals surface area (Å²) in [6, 6.07) is 10.6. The molecule has 0 bridgehead atoms. The molecule has 0 unspecified atom stereocenters. The predicted molar refractivity (Wildman–Crippen MR) is 114 cm³/mol. The lowest BCUT2D eigenvalue weighted by Gasteiger charge is -2.14. The van der Waals surface area contributed by atoms with Gasteiger partial charge in [0, 0.05) is 18.7 Å². The molecule has 1 heterocycles. The molecule has 0 aliphatic carbocycles. The molecule has 0 saturated heterocycles. The Kier molecular flexibility index (Phi) is 6.89. The smallest absolute Gasteiger partial charge is 0.262 e. The minimum absolute atomic E-state index is 0.109. The molecule has 30 heavy (non-hydrogen) atoms. The SMILES string of the molecule is C/C(=N/Nc1nc2ccccc2c(=O)n1CCCOC(C)C)c1ccc(F)c(F)c1. The topological polar surface area (TPSA) is 68.5 Å². The zero-order valence-corrected chi connectivity index (χ0v) is 17.2. The summed E-state index contributed by atoms with van der Waals surface area (Å²) in [7, 11) is 0. The largest absolute Gasteiger partial charge is 0.379 e. The maximum absolute atomic E-state index is 13.5. The number of anilines is 1. The third-order valence-electron chi connectivity index (χ3n) is 4.50. The number of rotatable bonds is 8. The highest BCUT2D eigenvalue weighted by Gasteiger charge is 2.11. The van der Waals surface area contributed by atoms with E-state index in [9.17, 15) is 13.6 Å². The number of hydrogen-bond acceptors (Lipinski definition) is 5. The van der Waals surface area contributed by atoms with Crippen molar-refractivity contribution in [1.29, 1.82) is 0 Å². The van der Waals surface area contributed by atoms with Gasteiger partial charge >= 0.3 is 0 Å². The van der Waals surface area contributed by atoms with E-state index < -0.39 is 11.6 Å². The van der Waals surface area contributed by atoms with Crippen LogP contribution in [0.25, 0.3) is 10.9 Å². The van der Waals surface area contributed by atoms with Crippen LogP contribution in [0.3, 0.4) is 0 Å². The Bertz CT molecular complexity index is 1130. The summed E-state index contributed by atoms with van der Waals surface area (Å²) in [4.78, 5) is 17.5. The number of nitrogens with zero attached hydrogens (tertiary/aromatic N) is 3. The first-order valence-electron chi connectivity index (χ1n) is 9.73. The van der Waals surface area contributed by atoms with Crippen LogP contribution >= 0.6 is 0 Å². The van der Waals surface area contributed by atoms with Crippen LogP contribution in [-0.2, 0) is 11.3 Å². The molecule has 8 heteroatoms. The summed E-state index contributed by atoms with van der Waals surface area (Å²) >= 11 is 0. The van der Waals surface area contributed by atoms with Crippen molar-refractivity contribution in [2.75, 3.05) is 12.0 Å². The third-order valence-corrected chi connectivity index (χ3v) is 4.50. The standard InChI is InChI=1S/C22H24F2N4O2/c1-14(2)30-12-6-11-28-21(29)17-7-4-5-8-20(17)25-22(28)27-26-15(3)16-9-10-18(23)19(24)13-16/h4-5,7-10,13-14H,6,11-12H2,1-3H3,(H,25,27)/b26-15-. The van der Waals surface area contributed by atoms with Gasteiger partial charge in [0.05, 0.1) is 22.7 Å². The van der Waals surface area contributed by atoms with Crippen molar-refractivity contribution < 1.29 is 13.5 Å². The zero-order valence-electron chi connectivity index (χ0n) is 17.2. The minimum atomic E-state index is -0.951. The average Bonchev–Trinajstić information content (AvgIpc) is 2.72.